The summed E-state index contributed by atoms with van der Waals surface area (Å²) in [4.78, 5) is 39.2. The molecular formula is C16H19ClN4O3. The Hall–Kier alpha value is -2.28. The number of rotatable bonds is 2. The zero-order valence-electron chi connectivity index (χ0n) is 13.1. The fourth-order valence-corrected chi connectivity index (χ4v) is 3.01. The molecule has 2 heterocycles. The molecule has 0 radical (unpaired) electrons. The van der Waals surface area contributed by atoms with Crippen LogP contribution in [0.1, 0.15) is 12.8 Å². The molecule has 1 unspecified atom stereocenters. The highest BCUT2D eigenvalue weighted by Crippen LogP contribution is 2.15. The summed E-state index contributed by atoms with van der Waals surface area (Å²) in [5.41, 5.74) is 0.677. The molecule has 4 amide bonds. The Labute approximate surface area is 144 Å². The van der Waals surface area contributed by atoms with E-state index in [1.54, 1.807) is 34.1 Å². The van der Waals surface area contributed by atoms with Gasteiger partial charge in [-0.2, -0.15) is 0 Å². The summed E-state index contributed by atoms with van der Waals surface area (Å²) in [6, 6.07) is 6.30. The molecule has 2 N–H and O–H groups in total. The van der Waals surface area contributed by atoms with Crippen LogP contribution in [0.15, 0.2) is 24.3 Å². The molecule has 0 bridgehead atoms. The van der Waals surface area contributed by atoms with E-state index in [0.29, 0.717) is 49.7 Å². The van der Waals surface area contributed by atoms with Gasteiger partial charge in [-0.05, 0) is 30.7 Å². The molecule has 2 aliphatic rings. The third-order valence-corrected chi connectivity index (χ3v) is 4.52. The molecule has 0 aliphatic carbocycles. The van der Waals surface area contributed by atoms with Crippen LogP contribution in [0, 0.1) is 0 Å². The minimum Gasteiger partial charge on any atom is -0.344 e. The summed E-state index contributed by atoms with van der Waals surface area (Å²) in [5, 5.41) is 6.11. The summed E-state index contributed by atoms with van der Waals surface area (Å²) in [6.45, 7) is 1.87. The van der Waals surface area contributed by atoms with Crippen molar-refractivity contribution in [3.63, 3.8) is 0 Å². The van der Waals surface area contributed by atoms with Crippen LogP contribution in [-0.4, -0.2) is 59.9 Å². The fraction of sp³-hybridized carbons (Fsp3) is 0.438. The van der Waals surface area contributed by atoms with Gasteiger partial charge >= 0.3 is 6.03 Å². The molecule has 0 aromatic heterocycles. The van der Waals surface area contributed by atoms with Gasteiger partial charge in [0.15, 0.2) is 0 Å². The number of carbonyl (C=O) groups is 3. The number of nitrogens with one attached hydrogen (secondary N) is 2. The predicted octanol–water partition coefficient (Wildman–Crippen LogP) is 1.29. The van der Waals surface area contributed by atoms with E-state index in [2.05, 4.69) is 10.6 Å². The van der Waals surface area contributed by atoms with Gasteiger partial charge in [0.25, 0.3) is 0 Å². The van der Waals surface area contributed by atoms with Crippen molar-refractivity contribution >= 4 is 35.1 Å². The lowest BCUT2D eigenvalue weighted by Crippen LogP contribution is -2.55. The molecule has 2 saturated heterocycles. The number of piperazine rings is 1. The number of nitrogens with zero attached hydrogens (tertiary/aromatic N) is 2. The molecule has 0 spiro atoms. The molecule has 3 rings (SSSR count). The molecule has 1 aromatic carbocycles. The number of hydrogen-bond acceptors (Lipinski definition) is 3. The normalized spacial score (nSPS) is 20.7. The molecule has 128 valence electrons. The summed E-state index contributed by atoms with van der Waals surface area (Å²) in [5.74, 6) is -0.132. The summed E-state index contributed by atoms with van der Waals surface area (Å²) in [7, 11) is 0. The molecule has 2 aliphatic heterocycles. The fourth-order valence-electron chi connectivity index (χ4n) is 2.89. The van der Waals surface area contributed by atoms with E-state index < -0.39 is 6.04 Å². The van der Waals surface area contributed by atoms with E-state index in [1.165, 1.54) is 0 Å². The van der Waals surface area contributed by atoms with Gasteiger partial charge in [0.2, 0.25) is 11.8 Å². The molecule has 1 atom stereocenters. The van der Waals surface area contributed by atoms with Crippen molar-refractivity contribution in [3.8, 4) is 0 Å². The van der Waals surface area contributed by atoms with Crippen molar-refractivity contribution in [1.29, 1.82) is 0 Å². The molecule has 1 aromatic rings. The van der Waals surface area contributed by atoms with Gasteiger partial charge in [0, 0.05) is 43.3 Å². The van der Waals surface area contributed by atoms with E-state index in [9.17, 15) is 14.4 Å². The van der Waals surface area contributed by atoms with Crippen LogP contribution in [0.3, 0.4) is 0 Å². The lowest BCUT2D eigenvalue weighted by molar-refractivity contribution is -0.135. The zero-order valence-corrected chi connectivity index (χ0v) is 13.9. The average molecular weight is 351 g/mol. The quantitative estimate of drug-likeness (QED) is 0.843. The minimum absolute atomic E-state index is 0.0568. The van der Waals surface area contributed by atoms with Crippen LogP contribution in [0.4, 0.5) is 10.5 Å². The largest absolute Gasteiger partial charge is 0.344 e. The Morgan fingerprint density at radius 3 is 2.29 bits per heavy atom. The van der Waals surface area contributed by atoms with E-state index in [4.69, 9.17) is 11.6 Å². The Morgan fingerprint density at radius 1 is 1.08 bits per heavy atom. The molecule has 2 fully saturated rings. The van der Waals surface area contributed by atoms with Gasteiger partial charge in [-0.3, -0.25) is 9.59 Å². The van der Waals surface area contributed by atoms with Crippen LogP contribution >= 0.6 is 11.6 Å². The second kappa shape index (κ2) is 7.09. The van der Waals surface area contributed by atoms with Crippen molar-refractivity contribution in [2.24, 2.45) is 0 Å². The Balaban J connectivity index is 1.49. The van der Waals surface area contributed by atoms with Crippen molar-refractivity contribution in [3.05, 3.63) is 29.3 Å². The molecule has 0 saturated carbocycles. The van der Waals surface area contributed by atoms with Gasteiger partial charge in [0.05, 0.1) is 0 Å². The van der Waals surface area contributed by atoms with Crippen LogP contribution in [-0.2, 0) is 9.59 Å². The number of urea groups is 1. The lowest BCUT2D eigenvalue weighted by Gasteiger charge is -2.35. The molecule has 24 heavy (non-hydrogen) atoms. The van der Waals surface area contributed by atoms with Crippen molar-refractivity contribution in [1.82, 2.24) is 15.1 Å². The zero-order chi connectivity index (χ0) is 17.1. The lowest BCUT2D eigenvalue weighted by atomic mass is 10.2. The standard InChI is InChI=1S/C16H19ClN4O3/c17-11-1-3-12(4-2-11)18-16(24)21-9-7-20(8-10-21)15(23)13-5-6-14(22)19-13/h1-4,13H,5-10H2,(H,18,24)(H,19,22). The van der Waals surface area contributed by atoms with E-state index in [-0.39, 0.29) is 17.8 Å². The minimum atomic E-state index is -0.410. The third kappa shape index (κ3) is 3.79. The van der Waals surface area contributed by atoms with Gasteiger partial charge in [-0.1, -0.05) is 11.6 Å². The highest BCUT2D eigenvalue weighted by Gasteiger charge is 2.32. The van der Waals surface area contributed by atoms with Crippen molar-refractivity contribution < 1.29 is 14.4 Å². The number of amides is 4. The van der Waals surface area contributed by atoms with E-state index >= 15 is 0 Å². The Morgan fingerprint density at radius 2 is 1.71 bits per heavy atom. The van der Waals surface area contributed by atoms with E-state index in [1.807, 2.05) is 0 Å². The van der Waals surface area contributed by atoms with Crippen molar-refractivity contribution in [2.45, 2.75) is 18.9 Å². The smallest absolute Gasteiger partial charge is 0.321 e. The monoisotopic (exact) mass is 350 g/mol. The second-order valence-electron chi connectivity index (χ2n) is 5.91. The topological polar surface area (TPSA) is 81.8 Å². The Bertz CT molecular complexity index is 641. The maximum Gasteiger partial charge on any atom is 0.321 e. The average Bonchev–Trinajstić information content (AvgIpc) is 3.03. The molecule has 7 nitrogen and oxygen atoms in total. The predicted molar refractivity (Wildman–Crippen MR) is 89.8 cm³/mol. The first-order chi connectivity index (χ1) is 11.5. The first-order valence-electron chi connectivity index (χ1n) is 7.92. The summed E-state index contributed by atoms with van der Waals surface area (Å²) in [6.07, 6.45) is 0.953. The number of anilines is 1. The summed E-state index contributed by atoms with van der Waals surface area (Å²) < 4.78 is 0. The number of halogens is 1. The second-order valence-corrected chi connectivity index (χ2v) is 6.34. The van der Waals surface area contributed by atoms with Gasteiger partial charge in [-0.25, -0.2) is 4.79 Å². The highest BCUT2D eigenvalue weighted by atomic mass is 35.5. The van der Waals surface area contributed by atoms with Gasteiger partial charge in [-0.15, -0.1) is 0 Å². The maximum absolute atomic E-state index is 12.3. The SMILES string of the molecule is O=C1CCC(C(=O)N2CCN(C(=O)Nc3ccc(Cl)cc3)CC2)N1. The van der Waals surface area contributed by atoms with E-state index in [0.717, 1.165) is 0 Å². The van der Waals surface area contributed by atoms with Crippen LogP contribution < -0.4 is 10.6 Å². The summed E-state index contributed by atoms with van der Waals surface area (Å²) >= 11 is 5.82. The number of hydrogen-bond donors (Lipinski definition) is 2. The van der Waals surface area contributed by atoms with Gasteiger partial charge in [0.1, 0.15) is 6.04 Å². The molecule has 8 heteroatoms. The Kier molecular flexibility index (Phi) is 4.89. The van der Waals surface area contributed by atoms with Gasteiger partial charge < -0.3 is 20.4 Å². The first-order valence-corrected chi connectivity index (χ1v) is 8.30. The van der Waals surface area contributed by atoms with Crippen molar-refractivity contribution in [2.75, 3.05) is 31.5 Å². The van der Waals surface area contributed by atoms with Crippen LogP contribution in [0.5, 0.6) is 0 Å². The van der Waals surface area contributed by atoms with Crippen LogP contribution in [0.2, 0.25) is 5.02 Å². The maximum atomic E-state index is 12.3. The number of benzene rings is 1. The number of carbonyl (C=O) groups excluding carboxylic acids is 3. The highest BCUT2D eigenvalue weighted by molar-refractivity contribution is 6.30. The van der Waals surface area contributed by atoms with Crippen LogP contribution in [0.25, 0.3) is 0 Å². The molecular weight excluding hydrogens is 332 g/mol. The third-order valence-electron chi connectivity index (χ3n) is 4.27. The first kappa shape index (κ1) is 16.6.